The number of rotatable bonds is 4. The summed E-state index contributed by atoms with van der Waals surface area (Å²) in [6, 6.07) is 13.6. The fraction of sp³-hybridized carbons (Fsp3) is 0.435. The normalized spacial score (nSPS) is 21.3. The molecule has 1 atom stereocenters. The lowest BCUT2D eigenvalue weighted by molar-refractivity contribution is 0.0885. The van der Waals surface area contributed by atoms with Crippen LogP contribution in [0.4, 0.5) is 10.2 Å². The number of benzene rings is 1. The van der Waals surface area contributed by atoms with Gasteiger partial charge in [-0.15, -0.1) is 0 Å². The van der Waals surface area contributed by atoms with Crippen LogP contribution in [0.1, 0.15) is 30.1 Å². The number of hydrogen-bond donors (Lipinski definition) is 0. The fourth-order valence-electron chi connectivity index (χ4n) is 4.67. The van der Waals surface area contributed by atoms with E-state index in [-0.39, 0.29) is 11.9 Å². The number of anilines is 1. The van der Waals surface area contributed by atoms with Crippen LogP contribution in [0.25, 0.3) is 5.65 Å². The number of pyridine rings is 1. The minimum atomic E-state index is -0.164. The summed E-state index contributed by atoms with van der Waals surface area (Å²) in [5, 5.41) is 0. The van der Waals surface area contributed by atoms with Gasteiger partial charge in [0, 0.05) is 45.5 Å². The van der Waals surface area contributed by atoms with Crippen molar-refractivity contribution in [2.24, 2.45) is 0 Å². The summed E-state index contributed by atoms with van der Waals surface area (Å²) < 4.78 is 15.8. The van der Waals surface area contributed by atoms with Crippen LogP contribution < -0.4 is 4.90 Å². The van der Waals surface area contributed by atoms with Crippen LogP contribution in [0.2, 0.25) is 0 Å². The maximum Gasteiger partial charge on any atom is 0.138 e. The van der Waals surface area contributed by atoms with Gasteiger partial charge in [-0.1, -0.05) is 18.2 Å². The molecular formula is C23H28FN5. The van der Waals surface area contributed by atoms with Gasteiger partial charge in [0.25, 0.3) is 0 Å². The summed E-state index contributed by atoms with van der Waals surface area (Å²) in [7, 11) is 2.18. The summed E-state index contributed by atoms with van der Waals surface area (Å²) in [6.07, 6.45) is 4.74. The van der Waals surface area contributed by atoms with E-state index in [2.05, 4.69) is 50.5 Å². The van der Waals surface area contributed by atoms with E-state index < -0.39 is 0 Å². The number of nitrogens with zero attached hydrogens (tertiary/aromatic N) is 5. The largest absolute Gasteiger partial charge is 0.358 e. The van der Waals surface area contributed by atoms with Crippen LogP contribution in [-0.2, 0) is 6.54 Å². The van der Waals surface area contributed by atoms with E-state index in [0.29, 0.717) is 0 Å². The topological polar surface area (TPSA) is 27.0 Å². The van der Waals surface area contributed by atoms with E-state index in [9.17, 15) is 4.39 Å². The number of piperazine rings is 1. The summed E-state index contributed by atoms with van der Waals surface area (Å²) in [5.41, 5.74) is 3.16. The zero-order valence-corrected chi connectivity index (χ0v) is 17.0. The van der Waals surface area contributed by atoms with Crippen LogP contribution in [0.15, 0.2) is 48.7 Å². The van der Waals surface area contributed by atoms with E-state index >= 15 is 0 Å². The van der Waals surface area contributed by atoms with Crippen molar-refractivity contribution >= 4 is 11.5 Å². The Labute approximate surface area is 171 Å². The van der Waals surface area contributed by atoms with Gasteiger partial charge >= 0.3 is 0 Å². The molecule has 0 spiro atoms. The molecule has 0 saturated carbocycles. The average molecular weight is 394 g/mol. The molecule has 1 aromatic carbocycles. The molecule has 5 nitrogen and oxygen atoms in total. The van der Waals surface area contributed by atoms with E-state index in [1.165, 1.54) is 24.7 Å². The number of likely N-dealkylation sites (N-methyl/N-ethyl adjacent to an activating group) is 1. The van der Waals surface area contributed by atoms with Gasteiger partial charge in [-0.3, -0.25) is 14.2 Å². The Kier molecular flexibility index (Phi) is 4.97. The van der Waals surface area contributed by atoms with Crippen LogP contribution >= 0.6 is 0 Å². The molecule has 2 saturated heterocycles. The number of fused-ring (bicyclic) bond motifs is 1. The van der Waals surface area contributed by atoms with Crippen molar-refractivity contribution < 1.29 is 4.39 Å². The lowest BCUT2D eigenvalue weighted by atomic mass is 10.1. The van der Waals surface area contributed by atoms with Crippen molar-refractivity contribution in [2.75, 3.05) is 44.7 Å². The summed E-state index contributed by atoms with van der Waals surface area (Å²) >= 11 is 0. The third kappa shape index (κ3) is 3.74. The van der Waals surface area contributed by atoms with Gasteiger partial charge in [-0.25, -0.2) is 9.37 Å². The molecule has 0 unspecified atom stereocenters. The number of hydrogen-bond acceptors (Lipinski definition) is 4. The number of aromatic nitrogens is 2. The minimum absolute atomic E-state index is 0.164. The first-order valence-electron chi connectivity index (χ1n) is 10.6. The van der Waals surface area contributed by atoms with Gasteiger partial charge in [-0.05, 0) is 49.7 Å². The predicted octanol–water partition coefficient (Wildman–Crippen LogP) is 3.56. The monoisotopic (exact) mass is 393 g/mol. The lowest BCUT2D eigenvalue weighted by Gasteiger charge is -2.38. The zero-order valence-electron chi connectivity index (χ0n) is 17.0. The first kappa shape index (κ1) is 18.6. The molecule has 2 fully saturated rings. The maximum absolute atomic E-state index is 13.6. The molecule has 2 aliphatic heterocycles. The zero-order chi connectivity index (χ0) is 19.8. The quantitative estimate of drug-likeness (QED) is 0.677. The summed E-state index contributed by atoms with van der Waals surface area (Å²) in [6.45, 7) is 5.88. The molecular weight excluding hydrogens is 365 g/mol. The van der Waals surface area contributed by atoms with Crippen molar-refractivity contribution in [3.63, 3.8) is 0 Å². The Morgan fingerprint density at radius 2 is 1.86 bits per heavy atom. The van der Waals surface area contributed by atoms with Gasteiger partial charge in [0.2, 0.25) is 0 Å². The van der Waals surface area contributed by atoms with Gasteiger partial charge in [0.05, 0.1) is 11.7 Å². The molecule has 0 radical (unpaired) electrons. The first-order valence-corrected chi connectivity index (χ1v) is 10.6. The molecule has 0 amide bonds. The van der Waals surface area contributed by atoms with Crippen LogP contribution in [0.3, 0.4) is 0 Å². The maximum atomic E-state index is 13.6. The average Bonchev–Trinajstić information content (AvgIpc) is 3.39. The Hall–Kier alpha value is -2.44. The Bertz CT molecular complexity index is 994. The van der Waals surface area contributed by atoms with Crippen molar-refractivity contribution in [3.8, 4) is 0 Å². The molecule has 0 N–H and O–H groups in total. The van der Waals surface area contributed by atoms with Crippen LogP contribution in [0.5, 0.6) is 0 Å². The molecule has 0 aliphatic carbocycles. The van der Waals surface area contributed by atoms with Crippen LogP contribution in [0, 0.1) is 5.82 Å². The molecule has 2 aromatic heterocycles. The molecule has 29 heavy (non-hydrogen) atoms. The third-order valence-corrected chi connectivity index (χ3v) is 6.29. The molecule has 2 aliphatic rings. The van der Waals surface area contributed by atoms with E-state index in [0.717, 1.165) is 56.2 Å². The summed E-state index contributed by atoms with van der Waals surface area (Å²) in [4.78, 5) is 12.2. The predicted molar refractivity (Wildman–Crippen MR) is 114 cm³/mol. The Morgan fingerprint density at radius 3 is 2.69 bits per heavy atom. The molecule has 4 heterocycles. The second kappa shape index (κ2) is 7.76. The number of halogens is 1. The Morgan fingerprint density at radius 1 is 1.03 bits per heavy atom. The standard InChI is InChI=1S/C23H28FN5/c1-26-12-13-27(15-18-6-4-7-19(24)14-18)17-21(26)20-16-29-22(25-20)8-5-9-23(29)28-10-2-3-11-28/h4-9,14,16,21H,2-3,10-13,15,17H2,1H3/t21-/m1/s1. The minimum Gasteiger partial charge on any atom is -0.358 e. The highest BCUT2D eigenvalue weighted by molar-refractivity contribution is 5.53. The SMILES string of the molecule is CN1CCN(Cc2cccc(F)c2)C[C@@H]1c1cn2c(N3CCCC3)cccc2n1. The van der Waals surface area contributed by atoms with Crippen molar-refractivity contribution in [1.29, 1.82) is 0 Å². The second-order valence-electron chi connectivity index (χ2n) is 8.33. The highest BCUT2D eigenvalue weighted by Gasteiger charge is 2.28. The Balaban J connectivity index is 1.40. The van der Waals surface area contributed by atoms with Gasteiger partial charge in [0.1, 0.15) is 17.3 Å². The molecule has 152 valence electrons. The molecule has 6 heteroatoms. The van der Waals surface area contributed by atoms with E-state index in [1.807, 2.05) is 6.07 Å². The van der Waals surface area contributed by atoms with Crippen molar-refractivity contribution in [1.82, 2.24) is 19.2 Å². The van der Waals surface area contributed by atoms with Crippen LogP contribution in [-0.4, -0.2) is 59.0 Å². The number of imidazole rings is 1. The second-order valence-corrected chi connectivity index (χ2v) is 8.33. The highest BCUT2D eigenvalue weighted by Crippen LogP contribution is 2.28. The summed E-state index contributed by atoms with van der Waals surface area (Å²) in [5.74, 6) is 1.08. The molecule has 3 aromatic rings. The lowest BCUT2D eigenvalue weighted by Crippen LogP contribution is -2.46. The molecule has 0 bridgehead atoms. The van der Waals surface area contributed by atoms with E-state index in [1.54, 1.807) is 12.1 Å². The van der Waals surface area contributed by atoms with E-state index in [4.69, 9.17) is 4.98 Å². The highest BCUT2D eigenvalue weighted by atomic mass is 19.1. The smallest absolute Gasteiger partial charge is 0.138 e. The molecule has 5 rings (SSSR count). The van der Waals surface area contributed by atoms with Gasteiger partial charge < -0.3 is 4.90 Å². The third-order valence-electron chi connectivity index (χ3n) is 6.29. The van der Waals surface area contributed by atoms with Gasteiger partial charge in [-0.2, -0.15) is 0 Å². The fourth-order valence-corrected chi connectivity index (χ4v) is 4.67. The van der Waals surface area contributed by atoms with Crippen molar-refractivity contribution in [3.05, 3.63) is 65.7 Å². The van der Waals surface area contributed by atoms with Gasteiger partial charge in [0.15, 0.2) is 0 Å². The first-order chi connectivity index (χ1) is 14.2. The van der Waals surface area contributed by atoms with Crippen molar-refractivity contribution in [2.45, 2.75) is 25.4 Å².